The van der Waals surface area contributed by atoms with Gasteiger partial charge in [-0.05, 0) is 48.0 Å². The van der Waals surface area contributed by atoms with Crippen molar-refractivity contribution in [1.82, 2.24) is 0 Å². The van der Waals surface area contributed by atoms with E-state index in [2.05, 4.69) is 20.8 Å². The minimum Gasteiger partial charge on any atom is -0.462 e. The van der Waals surface area contributed by atoms with E-state index in [1.54, 1.807) is 0 Å². The van der Waals surface area contributed by atoms with E-state index in [0.717, 1.165) is 6.42 Å². The summed E-state index contributed by atoms with van der Waals surface area (Å²) in [7, 11) is 0. The molecule has 20 heavy (non-hydrogen) atoms. The number of hydrogen-bond donors (Lipinski definition) is 0. The van der Waals surface area contributed by atoms with E-state index in [1.165, 1.54) is 38.2 Å². The van der Waals surface area contributed by atoms with Gasteiger partial charge in [0.25, 0.3) is 0 Å². The molecule has 112 valence electrons. The summed E-state index contributed by atoms with van der Waals surface area (Å²) in [5.74, 6) is 0.695. The van der Waals surface area contributed by atoms with Gasteiger partial charge in [-0.1, -0.05) is 27.2 Å². The van der Waals surface area contributed by atoms with E-state index < -0.39 is 6.29 Å². The maximum Gasteiger partial charge on any atom is 0.305 e. The van der Waals surface area contributed by atoms with Crippen molar-refractivity contribution >= 4 is 5.97 Å². The van der Waals surface area contributed by atoms with Crippen LogP contribution in [-0.4, -0.2) is 12.3 Å². The average molecular weight is 278 g/mol. The highest BCUT2D eigenvalue weighted by Crippen LogP contribution is 2.63. The zero-order chi connectivity index (χ0) is 14.5. The van der Waals surface area contributed by atoms with Crippen LogP contribution in [0.3, 0.4) is 0 Å². The number of rotatable bonds is 1. The molecule has 0 radical (unpaired) electrons. The molecule has 3 rings (SSSR count). The second-order valence-corrected chi connectivity index (χ2v) is 7.72. The molecule has 0 aromatic rings. The molecule has 0 aromatic heterocycles. The van der Waals surface area contributed by atoms with E-state index in [1.807, 2.05) is 6.26 Å². The van der Waals surface area contributed by atoms with E-state index in [9.17, 15) is 4.79 Å². The van der Waals surface area contributed by atoms with Crippen molar-refractivity contribution in [3.8, 4) is 0 Å². The second-order valence-electron chi connectivity index (χ2n) is 7.72. The van der Waals surface area contributed by atoms with Crippen molar-refractivity contribution in [2.75, 3.05) is 0 Å². The van der Waals surface area contributed by atoms with Crippen LogP contribution in [0, 0.1) is 22.7 Å². The molecule has 2 unspecified atom stereocenters. The molecule has 0 aromatic carbocycles. The van der Waals surface area contributed by atoms with Crippen molar-refractivity contribution in [1.29, 1.82) is 0 Å². The highest BCUT2D eigenvalue weighted by molar-refractivity contribution is 5.66. The molecule has 3 nitrogen and oxygen atoms in total. The van der Waals surface area contributed by atoms with Crippen LogP contribution in [0.15, 0.2) is 11.8 Å². The average Bonchev–Trinajstić information content (AvgIpc) is 2.71. The first kappa shape index (κ1) is 14.0. The van der Waals surface area contributed by atoms with Gasteiger partial charge in [0.1, 0.15) is 0 Å². The van der Waals surface area contributed by atoms with Crippen LogP contribution in [0.4, 0.5) is 0 Å². The fourth-order valence-electron chi connectivity index (χ4n) is 5.26. The van der Waals surface area contributed by atoms with Crippen LogP contribution in [0.1, 0.15) is 59.8 Å². The van der Waals surface area contributed by atoms with Gasteiger partial charge in [0, 0.05) is 6.92 Å². The summed E-state index contributed by atoms with van der Waals surface area (Å²) in [6.07, 6.45) is 7.57. The number of esters is 1. The summed E-state index contributed by atoms with van der Waals surface area (Å²) in [4.78, 5) is 11.3. The Balaban J connectivity index is 1.93. The van der Waals surface area contributed by atoms with Crippen molar-refractivity contribution in [2.45, 2.75) is 66.1 Å². The molecule has 0 bridgehead atoms. The van der Waals surface area contributed by atoms with Gasteiger partial charge >= 0.3 is 5.97 Å². The summed E-state index contributed by atoms with van der Waals surface area (Å²) in [5, 5.41) is 0. The monoisotopic (exact) mass is 278 g/mol. The lowest BCUT2D eigenvalue weighted by molar-refractivity contribution is -0.186. The third kappa shape index (κ3) is 1.97. The Bertz CT molecular complexity index is 451. The minimum atomic E-state index is -0.399. The minimum absolute atomic E-state index is 0.197. The van der Waals surface area contributed by atoms with E-state index >= 15 is 0 Å². The molecule has 3 aliphatic rings. The fourth-order valence-corrected chi connectivity index (χ4v) is 5.26. The van der Waals surface area contributed by atoms with Crippen molar-refractivity contribution in [3.05, 3.63) is 11.8 Å². The van der Waals surface area contributed by atoms with Crippen molar-refractivity contribution in [3.63, 3.8) is 0 Å². The lowest BCUT2D eigenvalue weighted by atomic mass is 9.47. The number of carbonyl (C=O) groups is 1. The Morgan fingerprint density at radius 2 is 2.10 bits per heavy atom. The zero-order valence-electron chi connectivity index (χ0n) is 13.1. The Kier molecular flexibility index (Phi) is 3.15. The van der Waals surface area contributed by atoms with Gasteiger partial charge in [-0.2, -0.15) is 0 Å². The van der Waals surface area contributed by atoms with Gasteiger partial charge in [0.15, 0.2) is 0 Å². The maximum absolute atomic E-state index is 11.3. The Morgan fingerprint density at radius 1 is 1.35 bits per heavy atom. The summed E-state index contributed by atoms with van der Waals surface area (Å²) < 4.78 is 11.1. The first-order valence-electron chi connectivity index (χ1n) is 7.86. The number of fused-ring (bicyclic) bond motifs is 3. The first-order chi connectivity index (χ1) is 9.34. The molecular formula is C17H26O3. The maximum atomic E-state index is 11.3. The van der Waals surface area contributed by atoms with Gasteiger partial charge in [-0.3, -0.25) is 4.79 Å². The Hall–Kier alpha value is -0.990. The molecule has 0 N–H and O–H groups in total. The SMILES string of the molecule is CC(=O)OC1OC=C2CCC3C(C)(C)CCC[C@]3(C)[C@H]21. The molecule has 2 aliphatic carbocycles. The lowest BCUT2D eigenvalue weighted by Crippen LogP contribution is -2.52. The quantitative estimate of drug-likeness (QED) is 0.679. The Morgan fingerprint density at radius 3 is 2.80 bits per heavy atom. The molecule has 0 spiro atoms. The highest BCUT2D eigenvalue weighted by Gasteiger charge is 2.58. The van der Waals surface area contributed by atoms with E-state index in [0.29, 0.717) is 11.3 Å². The van der Waals surface area contributed by atoms with Crippen molar-refractivity contribution < 1.29 is 14.3 Å². The standard InChI is InChI=1S/C17H26O3/c1-11(18)20-15-14-12(10-19-15)6-7-13-16(2,3)8-5-9-17(13,14)4/h10,13-15H,5-9H2,1-4H3/t13?,14-,15?,17+/m1/s1. The second kappa shape index (κ2) is 4.51. The normalized spacial score (nSPS) is 42.0. The number of carbonyl (C=O) groups excluding carboxylic acids is 1. The van der Waals surface area contributed by atoms with Gasteiger partial charge in [-0.25, -0.2) is 0 Å². The predicted molar refractivity (Wildman–Crippen MR) is 76.7 cm³/mol. The van der Waals surface area contributed by atoms with Crippen LogP contribution in [-0.2, 0) is 14.3 Å². The number of ether oxygens (including phenoxy) is 2. The summed E-state index contributed by atoms with van der Waals surface area (Å²) >= 11 is 0. The Labute approximate surface area is 121 Å². The molecule has 3 heteroatoms. The highest BCUT2D eigenvalue weighted by atomic mass is 16.7. The van der Waals surface area contributed by atoms with Crippen LogP contribution in [0.2, 0.25) is 0 Å². The molecule has 0 saturated heterocycles. The smallest absolute Gasteiger partial charge is 0.305 e. The summed E-state index contributed by atoms with van der Waals surface area (Å²) in [6, 6.07) is 0. The van der Waals surface area contributed by atoms with E-state index in [4.69, 9.17) is 9.47 Å². The molecule has 1 heterocycles. The zero-order valence-corrected chi connectivity index (χ0v) is 13.1. The fraction of sp³-hybridized carbons (Fsp3) is 0.824. The topological polar surface area (TPSA) is 35.5 Å². The van der Waals surface area contributed by atoms with Crippen LogP contribution in [0.25, 0.3) is 0 Å². The largest absolute Gasteiger partial charge is 0.462 e. The summed E-state index contributed by atoms with van der Waals surface area (Å²) in [6.45, 7) is 8.66. The molecule has 2 saturated carbocycles. The van der Waals surface area contributed by atoms with Gasteiger partial charge in [-0.15, -0.1) is 0 Å². The molecule has 4 atom stereocenters. The van der Waals surface area contributed by atoms with Crippen LogP contribution >= 0.6 is 0 Å². The summed E-state index contributed by atoms with van der Waals surface area (Å²) in [5.41, 5.74) is 1.93. The first-order valence-corrected chi connectivity index (χ1v) is 7.86. The molecule has 0 amide bonds. The van der Waals surface area contributed by atoms with Crippen LogP contribution in [0.5, 0.6) is 0 Å². The lowest BCUT2D eigenvalue weighted by Gasteiger charge is -2.57. The third-order valence-corrected chi connectivity index (χ3v) is 6.02. The van der Waals surface area contributed by atoms with E-state index in [-0.39, 0.29) is 17.3 Å². The van der Waals surface area contributed by atoms with Gasteiger partial charge < -0.3 is 9.47 Å². The van der Waals surface area contributed by atoms with Gasteiger partial charge in [0.05, 0.1) is 12.2 Å². The molecule has 2 fully saturated rings. The third-order valence-electron chi connectivity index (χ3n) is 6.02. The van der Waals surface area contributed by atoms with Crippen molar-refractivity contribution in [2.24, 2.45) is 22.7 Å². The predicted octanol–water partition coefficient (Wildman–Crippen LogP) is 4.03. The van der Waals surface area contributed by atoms with Crippen LogP contribution < -0.4 is 0 Å². The molecular weight excluding hydrogens is 252 g/mol. The number of hydrogen-bond acceptors (Lipinski definition) is 3. The molecule has 1 aliphatic heterocycles. The van der Waals surface area contributed by atoms with Gasteiger partial charge in [0.2, 0.25) is 6.29 Å².